The number of nitrogens with one attached hydrogen (secondary N) is 3. The van der Waals surface area contributed by atoms with Crippen LogP contribution >= 0.6 is 0 Å². The first-order valence-electron chi connectivity index (χ1n) is 7.25. The highest BCUT2D eigenvalue weighted by molar-refractivity contribution is 5.82. The van der Waals surface area contributed by atoms with Crippen molar-refractivity contribution in [1.29, 1.82) is 0 Å². The van der Waals surface area contributed by atoms with Crippen LogP contribution in [0.2, 0.25) is 0 Å². The molecule has 0 aromatic rings. The second kappa shape index (κ2) is 5.15. The zero-order valence-electron chi connectivity index (χ0n) is 11.1. The lowest BCUT2D eigenvalue weighted by Crippen LogP contribution is -2.60. The molecule has 4 unspecified atom stereocenters. The van der Waals surface area contributed by atoms with Gasteiger partial charge in [-0.3, -0.25) is 9.69 Å². The summed E-state index contributed by atoms with van der Waals surface area (Å²) < 4.78 is 0. The van der Waals surface area contributed by atoms with E-state index in [9.17, 15) is 4.79 Å². The largest absolute Gasteiger partial charge is 0.350 e. The Morgan fingerprint density at radius 1 is 1.22 bits per heavy atom. The van der Waals surface area contributed by atoms with Crippen molar-refractivity contribution in [2.24, 2.45) is 0 Å². The minimum atomic E-state index is -0.0587. The summed E-state index contributed by atoms with van der Waals surface area (Å²) in [7, 11) is 0. The first-order valence-corrected chi connectivity index (χ1v) is 7.25. The SMILES string of the molecule is CC1CNC(C(=O)NC2CCN3CCCC23)CN1. The first kappa shape index (κ1) is 12.4. The van der Waals surface area contributed by atoms with Crippen LogP contribution in [0, 0.1) is 0 Å². The van der Waals surface area contributed by atoms with E-state index in [1.54, 1.807) is 0 Å². The van der Waals surface area contributed by atoms with Crippen molar-refractivity contribution < 1.29 is 4.79 Å². The second-order valence-corrected chi connectivity index (χ2v) is 5.92. The van der Waals surface area contributed by atoms with E-state index in [1.165, 1.54) is 19.4 Å². The molecule has 3 heterocycles. The van der Waals surface area contributed by atoms with E-state index >= 15 is 0 Å². The van der Waals surface area contributed by atoms with Gasteiger partial charge in [-0.2, -0.15) is 0 Å². The summed E-state index contributed by atoms with van der Waals surface area (Å²) in [5, 5.41) is 9.92. The van der Waals surface area contributed by atoms with Crippen LogP contribution in [-0.2, 0) is 4.79 Å². The summed E-state index contributed by atoms with van der Waals surface area (Å²) in [5.41, 5.74) is 0. The Hall–Kier alpha value is -0.650. The van der Waals surface area contributed by atoms with Crippen molar-refractivity contribution in [3.63, 3.8) is 0 Å². The van der Waals surface area contributed by atoms with Crippen molar-refractivity contribution >= 4 is 5.91 Å². The molecule has 0 aliphatic carbocycles. The molecule has 3 aliphatic heterocycles. The molecule has 0 aromatic carbocycles. The van der Waals surface area contributed by atoms with Crippen LogP contribution in [-0.4, -0.2) is 61.2 Å². The lowest BCUT2D eigenvalue weighted by Gasteiger charge is -2.30. The van der Waals surface area contributed by atoms with Crippen LogP contribution in [0.1, 0.15) is 26.2 Å². The lowest BCUT2D eigenvalue weighted by molar-refractivity contribution is -0.124. The van der Waals surface area contributed by atoms with Gasteiger partial charge in [0.25, 0.3) is 0 Å². The summed E-state index contributed by atoms with van der Waals surface area (Å²) >= 11 is 0. The minimum absolute atomic E-state index is 0.0587. The van der Waals surface area contributed by atoms with Crippen molar-refractivity contribution in [2.45, 2.75) is 50.4 Å². The molecule has 102 valence electrons. The van der Waals surface area contributed by atoms with Gasteiger partial charge in [0.2, 0.25) is 5.91 Å². The number of hydrogen-bond donors (Lipinski definition) is 3. The van der Waals surface area contributed by atoms with Gasteiger partial charge in [0.1, 0.15) is 0 Å². The highest BCUT2D eigenvalue weighted by Crippen LogP contribution is 2.27. The molecule has 5 nitrogen and oxygen atoms in total. The van der Waals surface area contributed by atoms with Gasteiger partial charge in [0.05, 0.1) is 6.04 Å². The Labute approximate surface area is 109 Å². The minimum Gasteiger partial charge on any atom is -0.350 e. The number of fused-ring (bicyclic) bond motifs is 1. The third-order valence-corrected chi connectivity index (χ3v) is 4.59. The molecule has 0 bridgehead atoms. The number of nitrogens with zero attached hydrogens (tertiary/aromatic N) is 1. The number of carbonyl (C=O) groups is 1. The summed E-state index contributed by atoms with van der Waals surface area (Å²) in [6, 6.07) is 1.38. The maximum Gasteiger partial charge on any atom is 0.238 e. The van der Waals surface area contributed by atoms with Gasteiger partial charge in [0.15, 0.2) is 0 Å². The molecule has 3 rings (SSSR count). The molecule has 0 spiro atoms. The fourth-order valence-electron chi connectivity index (χ4n) is 3.50. The topological polar surface area (TPSA) is 56.4 Å². The van der Waals surface area contributed by atoms with Crippen molar-refractivity contribution in [3.8, 4) is 0 Å². The van der Waals surface area contributed by atoms with Crippen LogP contribution in [0.3, 0.4) is 0 Å². The zero-order chi connectivity index (χ0) is 12.5. The summed E-state index contributed by atoms with van der Waals surface area (Å²) in [5.74, 6) is 0.174. The van der Waals surface area contributed by atoms with E-state index in [-0.39, 0.29) is 11.9 Å². The number of hydrogen-bond acceptors (Lipinski definition) is 4. The van der Waals surface area contributed by atoms with Gasteiger partial charge in [-0.25, -0.2) is 0 Å². The molecule has 0 aromatic heterocycles. The van der Waals surface area contributed by atoms with Crippen molar-refractivity contribution in [3.05, 3.63) is 0 Å². The van der Waals surface area contributed by atoms with E-state index in [2.05, 4.69) is 27.8 Å². The Kier molecular flexibility index (Phi) is 3.54. The van der Waals surface area contributed by atoms with E-state index in [1.807, 2.05) is 0 Å². The van der Waals surface area contributed by atoms with Crippen LogP contribution in [0.25, 0.3) is 0 Å². The van der Waals surface area contributed by atoms with Gasteiger partial charge in [0, 0.05) is 37.8 Å². The highest BCUT2D eigenvalue weighted by atomic mass is 16.2. The van der Waals surface area contributed by atoms with E-state index in [0.29, 0.717) is 18.1 Å². The molecule has 1 amide bonds. The van der Waals surface area contributed by atoms with Gasteiger partial charge < -0.3 is 16.0 Å². The van der Waals surface area contributed by atoms with Gasteiger partial charge in [-0.15, -0.1) is 0 Å². The predicted molar refractivity (Wildman–Crippen MR) is 70.4 cm³/mol. The maximum absolute atomic E-state index is 12.2. The van der Waals surface area contributed by atoms with Crippen LogP contribution < -0.4 is 16.0 Å². The predicted octanol–water partition coefficient (Wildman–Crippen LogP) is -0.711. The molecule has 3 saturated heterocycles. The van der Waals surface area contributed by atoms with Gasteiger partial charge in [-0.1, -0.05) is 0 Å². The third kappa shape index (κ3) is 2.39. The Morgan fingerprint density at radius 2 is 2.11 bits per heavy atom. The maximum atomic E-state index is 12.2. The normalized spacial score (nSPS) is 40.7. The Bertz CT molecular complexity index is 314. The number of piperazine rings is 1. The van der Waals surface area contributed by atoms with E-state index in [4.69, 9.17) is 0 Å². The van der Waals surface area contributed by atoms with Crippen LogP contribution in [0.15, 0.2) is 0 Å². The Balaban J connectivity index is 1.52. The standard InChI is InChI=1S/C13H24N4O/c1-9-7-15-11(8-14-9)13(18)16-10-4-6-17-5-2-3-12(10)17/h9-12,14-15H,2-8H2,1H3,(H,16,18). The first-order chi connectivity index (χ1) is 8.74. The summed E-state index contributed by atoms with van der Waals surface area (Å²) in [6.07, 6.45) is 3.66. The zero-order valence-corrected chi connectivity index (χ0v) is 11.1. The van der Waals surface area contributed by atoms with Crippen LogP contribution in [0.4, 0.5) is 0 Å². The van der Waals surface area contributed by atoms with E-state index < -0.39 is 0 Å². The van der Waals surface area contributed by atoms with Gasteiger partial charge >= 0.3 is 0 Å². The average Bonchev–Trinajstić information content (AvgIpc) is 2.95. The average molecular weight is 252 g/mol. The van der Waals surface area contributed by atoms with Crippen molar-refractivity contribution in [1.82, 2.24) is 20.9 Å². The molecule has 5 heteroatoms. The molecule has 3 aliphatic rings. The summed E-state index contributed by atoms with van der Waals surface area (Å²) in [6.45, 7) is 6.13. The molecule has 3 fully saturated rings. The van der Waals surface area contributed by atoms with Gasteiger partial charge in [-0.05, 0) is 32.7 Å². The van der Waals surface area contributed by atoms with Crippen LogP contribution in [0.5, 0.6) is 0 Å². The fourth-order valence-corrected chi connectivity index (χ4v) is 3.50. The molecule has 4 atom stereocenters. The number of amides is 1. The molecule has 18 heavy (non-hydrogen) atoms. The third-order valence-electron chi connectivity index (χ3n) is 4.59. The quantitative estimate of drug-likeness (QED) is 0.608. The molecular formula is C13H24N4O. The molecule has 3 N–H and O–H groups in total. The summed E-state index contributed by atoms with van der Waals surface area (Å²) in [4.78, 5) is 14.7. The Morgan fingerprint density at radius 3 is 2.89 bits per heavy atom. The number of carbonyl (C=O) groups excluding carboxylic acids is 1. The van der Waals surface area contributed by atoms with E-state index in [0.717, 1.165) is 26.1 Å². The fraction of sp³-hybridized carbons (Fsp3) is 0.923. The monoisotopic (exact) mass is 252 g/mol. The molecular weight excluding hydrogens is 228 g/mol. The second-order valence-electron chi connectivity index (χ2n) is 5.92. The lowest BCUT2D eigenvalue weighted by atomic mass is 10.1. The van der Waals surface area contributed by atoms with Crippen molar-refractivity contribution in [2.75, 3.05) is 26.2 Å². The highest BCUT2D eigenvalue weighted by Gasteiger charge is 2.38. The smallest absolute Gasteiger partial charge is 0.238 e. The molecule has 0 radical (unpaired) electrons. The molecule has 0 saturated carbocycles. The number of rotatable bonds is 2.